The molecule has 0 aliphatic heterocycles. The Morgan fingerprint density at radius 3 is 2.84 bits per heavy atom. The fourth-order valence-corrected chi connectivity index (χ4v) is 1.57. The molecule has 2 rings (SSSR count). The number of benzene rings is 1. The van der Waals surface area contributed by atoms with Crippen LogP contribution in [0.15, 0.2) is 36.5 Å². The van der Waals surface area contributed by atoms with Crippen molar-refractivity contribution in [1.29, 1.82) is 0 Å². The maximum atomic E-state index is 13.4. The fraction of sp³-hybridized carbons (Fsp3) is 0.0769. The van der Waals surface area contributed by atoms with Crippen LogP contribution in [-0.2, 0) is 0 Å². The van der Waals surface area contributed by atoms with Crippen molar-refractivity contribution in [2.75, 3.05) is 10.7 Å². The Morgan fingerprint density at radius 2 is 2.16 bits per heavy atom. The van der Waals surface area contributed by atoms with Crippen LogP contribution < -0.4 is 16.6 Å². The van der Waals surface area contributed by atoms with E-state index in [4.69, 9.17) is 5.84 Å². The number of halogens is 1. The molecule has 0 radical (unpaired) electrons. The third kappa shape index (κ3) is 2.86. The third-order valence-corrected chi connectivity index (χ3v) is 2.62. The Hall–Kier alpha value is -2.47. The van der Waals surface area contributed by atoms with E-state index in [0.717, 1.165) is 0 Å². The molecule has 4 N–H and O–H groups in total. The standard InChI is InChI=1S/C13H13FN4O/c1-8-4-5-9(7-11(8)14)17-13(19)10-3-2-6-16-12(10)18-15/h2-7H,15H2,1H3,(H,16,18)(H,17,19). The lowest BCUT2D eigenvalue weighted by atomic mass is 10.2. The highest BCUT2D eigenvalue weighted by atomic mass is 19.1. The molecule has 1 heterocycles. The van der Waals surface area contributed by atoms with Crippen LogP contribution in [0.2, 0.25) is 0 Å². The molecule has 0 aliphatic rings. The molecule has 19 heavy (non-hydrogen) atoms. The van der Waals surface area contributed by atoms with E-state index in [1.54, 1.807) is 31.2 Å². The summed E-state index contributed by atoms with van der Waals surface area (Å²) >= 11 is 0. The molecule has 0 unspecified atom stereocenters. The number of aromatic nitrogens is 1. The number of nitrogens with one attached hydrogen (secondary N) is 2. The molecule has 1 aromatic carbocycles. The molecule has 5 nitrogen and oxygen atoms in total. The monoisotopic (exact) mass is 260 g/mol. The van der Waals surface area contributed by atoms with Crippen molar-refractivity contribution >= 4 is 17.4 Å². The van der Waals surface area contributed by atoms with Gasteiger partial charge in [0.1, 0.15) is 5.82 Å². The number of aryl methyl sites for hydroxylation is 1. The normalized spacial score (nSPS) is 10.1. The first-order valence-corrected chi connectivity index (χ1v) is 5.61. The molecular weight excluding hydrogens is 247 g/mol. The highest BCUT2D eigenvalue weighted by molar-refractivity contribution is 6.07. The summed E-state index contributed by atoms with van der Waals surface area (Å²) in [6, 6.07) is 7.67. The number of hydrazine groups is 1. The van der Waals surface area contributed by atoms with Gasteiger partial charge in [0.2, 0.25) is 0 Å². The van der Waals surface area contributed by atoms with Crippen molar-refractivity contribution in [3.8, 4) is 0 Å². The number of rotatable bonds is 3. The minimum absolute atomic E-state index is 0.257. The molecule has 0 saturated carbocycles. The molecule has 0 saturated heterocycles. The summed E-state index contributed by atoms with van der Waals surface area (Å²) < 4.78 is 13.4. The van der Waals surface area contributed by atoms with Gasteiger partial charge in [0, 0.05) is 11.9 Å². The summed E-state index contributed by atoms with van der Waals surface area (Å²) in [5.41, 5.74) is 3.51. The van der Waals surface area contributed by atoms with Crippen LogP contribution in [0, 0.1) is 12.7 Å². The van der Waals surface area contributed by atoms with Crippen LogP contribution in [0.4, 0.5) is 15.9 Å². The first-order valence-electron chi connectivity index (χ1n) is 5.61. The minimum atomic E-state index is -0.413. The van der Waals surface area contributed by atoms with E-state index >= 15 is 0 Å². The van der Waals surface area contributed by atoms with Crippen molar-refractivity contribution in [1.82, 2.24) is 4.98 Å². The molecule has 0 atom stereocenters. The van der Waals surface area contributed by atoms with Crippen molar-refractivity contribution in [2.45, 2.75) is 6.92 Å². The average Bonchev–Trinajstić information content (AvgIpc) is 2.43. The van der Waals surface area contributed by atoms with Crippen LogP contribution in [0.1, 0.15) is 15.9 Å². The van der Waals surface area contributed by atoms with Crippen LogP contribution >= 0.6 is 0 Å². The maximum Gasteiger partial charge on any atom is 0.259 e. The molecule has 6 heteroatoms. The SMILES string of the molecule is Cc1ccc(NC(=O)c2cccnc2NN)cc1F. The van der Waals surface area contributed by atoms with Crippen molar-refractivity contribution in [3.05, 3.63) is 53.5 Å². The van der Waals surface area contributed by atoms with Gasteiger partial charge in [-0.2, -0.15) is 0 Å². The second-order valence-electron chi connectivity index (χ2n) is 3.96. The number of carbonyl (C=O) groups is 1. The summed E-state index contributed by atoms with van der Waals surface area (Å²) in [4.78, 5) is 15.9. The number of amides is 1. The smallest absolute Gasteiger partial charge is 0.259 e. The van der Waals surface area contributed by atoms with Gasteiger partial charge in [-0.15, -0.1) is 0 Å². The largest absolute Gasteiger partial charge is 0.322 e. The van der Waals surface area contributed by atoms with Crippen LogP contribution in [0.3, 0.4) is 0 Å². The second-order valence-corrected chi connectivity index (χ2v) is 3.96. The molecule has 1 amide bonds. The van der Waals surface area contributed by atoms with Crippen LogP contribution in [0.25, 0.3) is 0 Å². The Morgan fingerprint density at radius 1 is 1.37 bits per heavy atom. The summed E-state index contributed by atoms with van der Waals surface area (Å²) in [5.74, 6) is 4.74. The molecule has 0 spiro atoms. The van der Waals surface area contributed by atoms with E-state index in [2.05, 4.69) is 15.7 Å². The number of carbonyl (C=O) groups excluding carboxylic acids is 1. The first-order chi connectivity index (χ1) is 9.11. The predicted molar refractivity (Wildman–Crippen MR) is 71.1 cm³/mol. The number of anilines is 2. The molecule has 98 valence electrons. The molecule has 2 aromatic rings. The Kier molecular flexibility index (Phi) is 3.72. The second kappa shape index (κ2) is 5.45. The molecular formula is C13H13FN4O. The Labute approximate surface area is 109 Å². The zero-order valence-electron chi connectivity index (χ0n) is 10.3. The number of nitrogens with zero attached hydrogens (tertiary/aromatic N) is 1. The van der Waals surface area contributed by atoms with Gasteiger partial charge in [0.15, 0.2) is 5.82 Å². The summed E-state index contributed by atoms with van der Waals surface area (Å²) in [6.45, 7) is 1.65. The lowest BCUT2D eigenvalue weighted by Crippen LogP contribution is -2.18. The van der Waals surface area contributed by atoms with E-state index in [0.29, 0.717) is 11.3 Å². The van der Waals surface area contributed by atoms with Gasteiger partial charge in [-0.05, 0) is 36.8 Å². The Balaban J connectivity index is 2.23. The molecule has 1 aromatic heterocycles. The van der Waals surface area contributed by atoms with Gasteiger partial charge in [-0.1, -0.05) is 6.07 Å². The Bertz CT molecular complexity index is 615. The lowest BCUT2D eigenvalue weighted by Gasteiger charge is -2.09. The molecule has 0 bridgehead atoms. The zero-order valence-corrected chi connectivity index (χ0v) is 10.3. The topological polar surface area (TPSA) is 80.0 Å². The number of hydrogen-bond acceptors (Lipinski definition) is 4. The summed E-state index contributed by atoms with van der Waals surface area (Å²) in [6.07, 6.45) is 1.51. The van der Waals surface area contributed by atoms with Crippen molar-refractivity contribution in [2.24, 2.45) is 5.84 Å². The number of nitrogens with two attached hydrogens (primary N) is 1. The summed E-state index contributed by atoms with van der Waals surface area (Å²) in [7, 11) is 0. The van der Waals surface area contributed by atoms with E-state index in [9.17, 15) is 9.18 Å². The average molecular weight is 260 g/mol. The highest BCUT2D eigenvalue weighted by Crippen LogP contribution is 2.16. The van der Waals surface area contributed by atoms with Crippen LogP contribution in [-0.4, -0.2) is 10.9 Å². The quantitative estimate of drug-likeness (QED) is 0.583. The highest BCUT2D eigenvalue weighted by Gasteiger charge is 2.12. The number of pyridine rings is 1. The van der Waals surface area contributed by atoms with Crippen LogP contribution in [0.5, 0.6) is 0 Å². The number of hydrogen-bond donors (Lipinski definition) is 3. The van der Waals surface area contributed by atoms with Gasteiger partial charge >= 0.3 is 0 Å². The van der Waals surface area contributed by atoms with Gasteiger partial charge in [0.05, 0.1) is 5.56 Å². The van der Waals surface area contributed by atoms with Gasteiger partial charge in [-0.25, -0.2) is 15.2 Å². The molecule has 0 fully saturated rings. The van der Waals surface area contributed by atoms with E-state index in [1.165, 1.54) is 12.3 Å². The fourth-order valence-electron chi connectivity index (χ4n) is 1.57. The van der Waals surface area contributed by atoms with E-state index in [-0.39, 0.29) is 17.2 Å². The van der Waals surface area contributed by atoms with Gasteiger partial charge < -0.3 is 10.7 Å². The first kappa shape index (κ1) is 13.0. The van der Waals surface area contributed by atoms with Gasteiger partial charge in [-0.3, -0.25) is 4.79 Å². The zero-order chi connectivity index (χ0) is 13.8. The summed E-state index contributed by atoms with van der Waals surface area (Å²) in [5, 5.41) is 2.59. The maximum absolute atomic E-state index is 13.4. The third-order valence-electron chi connectivity index (χ3n) is 2.62. The minimum Gasteiger partial charge on any atom is -0.322 e. The number of nitrogen functional groups attached to an aromatic ring is 1. The van der Waals surface area contributed by atoms with Crippen molar-refractivity contribution in [3.63, 3.8) is 0 Å². The van der Waals surface area contributed by atoms with Gasteiger partial charge in [0.25, 0.3) is 5.91 Å². The lowest BCUT2D eigenvalue weighted by molar-refractivity contribution is 0.102. The van der Waals surface area contributed by atoms with E-state index in [1.807, 2.05) is 0 Å². The van der Waals surface area contributed by atoms with Crippen molar-refractivity contribution < 1.29 is 9.18 Å². The van der Waals surface area contributed by atoms with E-state index < -0.39 is 5.91 Å². The molecule has 0 aliphatic carbocycles. The predicted octanol–water partition coefficient (Wildman–Crippen LogP) is 2.07.